The Kier molecular flexibility index (Phi) is 3.80. The van der Waals surface area contributed by atoms with E-state index in [1.165, 1.54) is 30.0 Å². The zero-order chi connectivity index (χ0) is 16.4. The lowest BCUT2D eigenvalue weighted by atomic mass is 10.3. The molecule has 3 rings (SSSR count). The van der Waals surface area contributed by atoms with E-state index in [4.69, 9.17) is 9.15 Å². The first-order valence-electron chi connectivity index (χ1n) is 6.87. The summed E-state index contributed by atoms with van der Waals surface area (Å²) in [6, 6.07) is 7.36. The second-order valence-electron chi connectivity index (χ2n) is 4.85. The Morgan fingerprint density at radius 1 is 1.43 bits per heavy atom. The standard InChI is InChI=1S/C15H13N3O5/c1-10(14(19)22-9-13-16-7-4-8-17(13)21)18-11-5-2-3-6-12(11)23-15(18)20/h2-8,10H,9H2,1H3. The molecule has 0 aliphatic carbocycles. The number of ether oxygens (including phenoxy) is 1. The molecule has 0 radical (unpaired) electrons. The number of hydrogen-bond acceptors (Lipinski definition) is 6. The van der Waals surface area contributed by atoms with E-state index >= 15 is 0 Å². The van der Waals surface area contributed by atoms with Gasteiger partial charge < -0.3 is 14.4 Å². The van der Waals surface area contributed by atoms with Crippen LogP contribution in [0.3, 0.4) is 0 Å². The van der Waals surface area contributed by atoms with E-state index in [9.17, 15) is 14.8 Å². The molecule has 2 aromatic heterocycles. The second kappa shape index (κ2) is 5.91. The van der Waals surface area contributed by atoms with Gasteiger partial charge in [-0.15, -0.1) is 0 Å². The molecule has 0 aliphatic rings. The highest BCUT2D eigenvalue weighted by Crippen LogP contribution is 2.17. The smallest absolute Gasteiger partial charge is 0.420 e. The van der Waals surface area contributed by atoms with Gasteiger partial charge in [0.2, 0.25) is 0 Å². The van der Waals surface area contributed by atoms with E-state index in [2.05, 4.69) is 4.98 Å². The lowest BCUT2D eigenvalue weighted by Crippen LogP contribution is -2.34. The monoisotopic (exact) mass is 315 g/mol. The fraction of sp³-hybridized carbons (Fsp3) is 0.200. The Morgan fingerprint density at radius 3 is 3.00 bits per heavy atom. The first kappa shape index (κ1) is 14.8. The number of rotatable bonds is 4. The van der Waals surface area contributed by atoms with Crippen molar-refractivity contribution in [2.24, 2.45) is 0 Å². The Labute approximate surface area is 130 Å². The number of nitrogens with zero attached hydrogens (tertiary/aromatic N) is 3. The van der Waals surface area contributed by atoms with Crippen LogP contribution in [0.25, 0.3) is 11.1 Å². The van der Waals surface area contributed by atoms with Gasteiger partial charge in [-0.3, -0.25) is 4.57 Å². The van der Waals surface area contributed by atoms with Gasteiger partial charge in [0.15, 0.2) is 12.2 Å². The van der Waals surface area contributed by atoms with Crippen molar-refractivity contribution < 1.29 is 18.7 Å². The fourth-order valence-corrected chi connectivity index (χ4v) is 2.20. The molecule has 23 heavy (non-hydrogen) atoms. The van der Waals surface area contributed by atoms with E-state index in [0.29, 0.717) is 15.8 Å². The SMILES string of the molecule is CC(C(=O)OCc1nccc[n+]1[O-])n1c(=O)oc2ccccc21. The van der Waals surface area contributed by atoms with Crippen molar-refractivity contribution in [3.05, 3.63) is 64.3 Å². The minimum absolute atomic E-state index is 0.0532. The summed E-state index contributed by atoms with van der Waals surface area (Å²) in [7, 11) is 0. The van der Waals surface area contributed by atoms with Crippen LogP contribution >= 0.6 is 0 Å². The van der Waals surface area contributed by atoms with Crippen molar-refractivity contribution in [2.45, 2.75) is 19.6 Å². The van der Waals surface area contributed by atoms with E-state index in [-0.39, 0.29) is 12.4 Å². The van der Waals surface area contributed by atoms with Crippen LogP contribution in [0.1, 0.15) is 18.8 Å². The molecule has 0 N–H and O–H groups in total. The van der Waals surface area contributed by atoms with Crippen molar-refractivity contribution in [2.75, 3.05) is 0 Å². The summed E-state index contributed by atoms with van der Waals surface area (Å²) in [6.07, 6.45) is 2.68. The van der Waals surface area contributed by atoms with Crippen LogP contribution < -0.4 is 10.5 Å². The molecular formula is C15H13N3O5. The minimum atomic E-state index is -0.894. The largest absolute Gasteiger partial charge is 0.711 e. The molecule has 0 saturated carbocycles. The van der Waals surface area contributed by atoms with E-state index in [1.807, 2.05) is 0 Å². The Morgan fingerprint density at radius 2 is 2.22 bits per heavy atom. The molecule has 0 bridgehead atoms. The van der Waals surface area contributed by atoms with E-state index in [0.717, 1.165) is 0 Å². The molecule has 0 fully saturated rings. The van der Waals surface area contributed by atoms with Gasteiger partial charge in [-0.25, -0.2) is 14.3 Å². The molecular weight excluding hydrogens is 302 g/mol. The highest BCUT2D eigenvalue weighted by atomic mass is 16.5. The highest BCUT2D eigenvalue weighted by Gasteiger charge is 2.23. The van der Waals surface area contributed by atoms with Crippen LogP contribution in [0.2, 0.25) is 0 Å². The van der Waals surface area contributed by atoms with Gasteiger partial charge in [-0.1, -0.05) is 12.1 Å². The molecule has 1 aromatic carbocycles. The predicted molar refractivity (Wildman–Crippen MR) is 78.2 cm³/mol. The quantitative estimate of drug-likeness (QED) is 0.403. The van der Waals surface area contributed by atoms with Gasteiger partial charge in [0, 0.05) is 6.07 Å². The summed E-state index contributed by atoms with van der Waals surface area (Å²) in [5.41, 5.74) is 0.887. The molecule has 0 aliphatic heterocycles. The third-order valence-corrected chi connectivity index (χ3v) is 3.38. The van der Waals surface area contributed by atoms with Gasteiger partial charge in [0.1, 0.15) is 12.2 Å². The van der Waals surface area contributed by atoms with Crippen molar-refractivity contribution >= 4 is 17.1 Å². The maximum Gasteiger partial charge on any atom is 0.420 e. The van der Waals surface area contributed by atoms with Crippen LogP contribution in [-0.2, 0) is 16.1 Å². The lowest BCUT2D eigenvalue weighted by Gasteiger charge is -2.12. The molecule has 8 heteroatoms. The summed E-state index contributed by atoms with van der Waals surface area (Å²) in [5, 5.41) is 11.5. The summed E-state index contributed by atoms with van der Waals surface area (Å²) < 4.78 is 11.9. The summed E-state index contributed by atoms with van der Waals surface area (Å²) in [6.45, 7) is 1.24. The Bertz CT molecular complexity index is 915. The average molecular weight is 315 g/mol. The van der Waals surface area contributed by atoms with Crippen molar-refractivity contribution in [1.29, 1.82) is 0 Å². The average Bonchev–Trinajstić information content (AvgIpc) is 2.89. The highest BCUT2D eigenvalue weighted by molar-refractivity contribution is 5.79. The summed E-state index contributed by atoms with van der Waals surface area (Å²) in [4.78, 5) is 27.9. The van der Waals surface area contributed by atoms with Crippen LogP contribution in [0.15, 0.2) is 51.9 Å². The number of carbonyl (C=O) groups excluding carboxylic acids is 1. The van der Waals surface area contributed by atoms with Gasteiger partial charge in [0.05, 0.1) is 11.7 Å². The van der Waals surface area contributed by atoms with Crippen LogP contribution in [-0.4, -0.2) is 15.5 Å². The molecule has 1 unspecified atom stereocenters. The molecule has 0 amide bonds. The number of carbonyl (C=O) groups is 1. The molecule has 2 heterocycles. The Balaban J connectivity index is 1.81. The maximum absolute atomic E-state index is 12.2. The van der Waals surface area contributed by atoms with E-state index in [1.54, 1.807) is 24.3 Å². The molecule has 3 aromatic rings. The normalized spacial score (nSPS) is 12.2. The number of esters is 1. The number of hydrogen-bond donors (Lipinski definition) is 0. The molecule has 0 spiro atoms. The maximum atomic E-state index is 12.2. The Hall–Kier alpha value is -3.16. The number of benzene rings is 1. The topological polar surface area (TPSA) is 101 Å². The predicted octanol–water partition coefficient (Wildman–Crippen LogP) is 0.927. The third-order valence-electron chi connectivity index (χ3n) is 3.38. The number of aromatic nitrogens is 3. The van der Waals surface area contributed by atoms with Crippen LogP contribution in [0, 0.1) is 5.21 Å². The minimum Gasteiger partial charge on any atom is -0.711 e. The number of para-hydroxylation sites is 2. The van der Waals surface area contributed by atoms with Gasteiger partial charge in [0.25, 0.3) is 0 Å². The number of fused-ring (bicyclic) bond motifs is 1. The zero-order valence-electron chi connectivity index (χ0n) is 12.2. The van der Waals surface area contributed by atoms with Crippen molar-refractivity contribution in [3.63, 3.8) is 0 Å². The van der Waals surface area contributed by atoms with Crippen LogP contribution in [0.4, 0.5) is 0 Å². The van der Waals surface area contributed by atoms with Gasteiger partial charge in [-0.05, 0) is 24.0 Å². The number of oxazole rings is 1. The fourth-order valence-electron chi connectivity index (χ4n) is 2.20. The van der Waals surface area contributed by atoms with Gasteiger partial charge in [-0.2, -0.15) is 0 Å². The third kappa shape index (κ3) is 2.78. The lowest BCUT2D eigenvalue weighted by molar-refractivity contribution is -0.620. The summed E-state index contributed by atoms with van der Waals surface area (Å²) >= 11 is 0. The van der Waals surface area contributed by atoms with Crippen LogP contribution in [0.5, 0.6) is 0 Å². The molecule has 0 saturated heterocycles. The van der Waals surface area contributed by atoms with Crippen molar-refractivity contribution in [3.8, 4) is 0 Å². The van der Waals surface area contributed by atoms with E-state index < -0.39 is 17.8 Å². The van der Waals surface area contributed by atoms with Gasteiger partial charge >= 0.3 is 17.5 Å². The summed E-state index contributed by atoms with van der Waals surface area (Å²) in [5.74, 6) is -1.26. The second-order valence-corrected chi connectivity index (χ2v) is 4.85. The molecule has 8 nitrogen and oxygen atoms in total. The van der Waals surface area contributed by atoms with Crippen molar-refractivity contribution in [1.82, 2.24) is 9.55 Å². The molecule has 118 valence electrons. The first-order valence-corrected chi connectivity index (χ1v) is 6.87. The molecule has 1 atom stereocenters. The first-order chi connectivity index (χ1) is 11.1. The zero-order valence-corrected chi connectivity index (χ0v) is 12.2.